The van der Waals surface area contributed by atoms with Crippen molar-refractivity contribution in [1.29, 1.82) is 0 Å². The van der Waals surface area contributed by atoms with Gasteiger partial charge in [0.25, 0.3) is 5.91 Å². The number of ether oxygens (including phenoxy) is 2. The third-order valence-electron chi connectivity index (χ3n) is 6.40. The van der Waals surface area contributed by atoms with Gasteiger partial charge in [0.2, 0.25) is 0 Å². The Bertz CT molecular complexity index is 1440. The zero-order valence-electron chi connectivity index (χ0n) is 21.8. The Labute approximate surface area is 235 Å². The average Bonchev–Trinajstić information content (AvgIpc) is 3.64. The van der Waals surface area contributed by atoms with E-state index >= 15 is 0 Å². The fraction of sp³-hybridized carbons (Fsp3) is 0.321. The van der Waals surface area contributed by atoms with Gasteiger partial charge in [-0.1, -0.05) is 42.1 Å². The molecule has 0 aliphatic carbocycles. The molecular formula is C28H29N5O4S2. The topological polar surface area (TPSA) is 99.4 Å². The van der Waals surface area contributed by atoms with Crippen molar-refractivity contribution in [2.24, 2.45) is 5.92 Å². The predicted molar refractivity (Wildman–Crippen MR) is 150 cm³/mol. The molecule has 0 saturated carbocycles. The average molecular weight is 564 g/mol. The number of carbonyl (C=O) groups is 2. The highest BCUT2D eigenvalue weighted by Crippen LogP contribution is 2.32. The molecule has 0 radical (unpaired) electrons. The van der Waals surface area contributed by atoms with Gasteiger partial charge in [-0.25, -0.2) is 4.98 Å². The molecule has 5 rings (SSSR count). The molecule has 4 aromatic rings. The molecule has 1 saturated heterocycles. The molecule has 0 bridgehead atoms. The van der Waals surface area contributed by atoms with Crippen molar-refractivity contribution in [3.63, 3.8) is 0 Å². The van der Waals surface area contributed by atoms with Crippen LogP contribution >= 0.6 is 23.1 Å². The van der Waals surface area contributed by atoms with Crippen molar-refractivity contribution >= 4 is 35.0 Å². The van der Waals surface area contributed by atoms with E-state index in [9.17, 15) is 9.59 Å². The highest BCUT2D eigenvalue weighted by atomic mass is 32.2. The second-order valence-corrected chi connectivity index (χ2v) is 10.9. The lowest BCUT2D eigenvalue weighted by Crippen LogP contribution is -2.43. The van der Waals surface area contributed by atoms with Gasteiger partial charge in [-0.2, -0.15) is 0 Å². The maximum Gasteiger partial charge on any atom is 0.310 e. The Kier molecular flexibility index (Phi) is 8.58. The summed E-state index contributed by atoms with van der Waals surface area (Å²) in [6, 6.07) is 17.7. The van der Waals surface area contributed by atoms with E-state index in [1.807, 2.05) is 59.2 Å². The second kappa shape index (κ2) is 12.4. The number of aromatic nitrogens is 4. The van der Waals surface area contributed by atoms with Crippen molar-refractivity contribution < 1.29 is 19.1 Å². The minimum atomic E-state index is -0.278. The zero-order valence-corrected chi connectivity index (χ0v) is 23.4. The van der Waals surface area contributed by atoms with Crippen molar-refractivity contribution in [2.45, 2.75) is 30.7 Å². The summed E-state index contributed by atoms with van der Waals surface area (Å²) < 4.78 is 12.6. The SMILES string of the molecule is CCOC(=O)C1CCCN(C(=O)c2csc(CSc3nnc(-c4cccc(OC)c4)n3-c3ccccc3)n2)C1. The highest BCUT2D eigenvalue weighted by molar-refractivity contribution is 7.98. The van der Waals surface area contributed by atoms with E-state index in [-0.39, 0.29) is 17.8 Å². The highest BCUT2D eigenvalue weighted by Gasteiger charge is 2.30. The molecule has 2 aromatic heterocycles. The normalized spacial score (nSPS) is 15.2. The van der Waals surface area contributed by atoms with Crippen LogP contribution in [0.2, 0.25) is 0 Å². The lowest BCUT2D eigenvalue weighted by Gasteiger charge is -2.31. The molecule has 11 heteroatoms. The minimum absolute atomic E-state index is 0.149. The molecule has 1 fully saturated rings. The van der Waals surface area contributed by atoms with E-state index in [1.54, 1.807) is 24.3 Å². The van der Waals surface area contributed by atoms with Crippen LogP contribution in [-0.4, -0.2) is 63.3 Å². The van der Waals surface area contributed by atoms with Crippen molar-refractivity contribution in [2.75, 3.05) is 26.8 Å². The Morgan fingerprint density at radius 1 is 1.13 bits per heavy atom. The molecule has 9 nitrogen and oxygen atoms in total. The van der Waals surface area contributed by atoms with Crippen LogP contribution in [0.25, 0.3) is 17.1 Å². The number of benzene rings is 2. The van der Waals surface area contributed by atoms with E-state index < -0.39 is 0 Å². The van der Waals surface area contributed by atoms with Crippen LogP contribution < -0.4 is 4.74 Å². The number of esters is 1. The quantitative estimate of drug-likeness (QED) is 0.205. The summed E-state index contributed by atoms with van der Waals surface area (Å²) in [5, 5.41) is 12.3. The first kappa shape index (κ1) is 26.9. The van der Waals surface area contributed by atoms with Gasteiger partial charge in [-0.3, -0.25) is 14.2 Å². The molecule has 1 amide bonds. The number of hydrogen-bond donors (Lipinski definition) is 0. The molecule has 3 heterocycles. The first-order valence-corrected chi connectivity index (χ1v) is 14.6. The van der Waals surface area contributed by atoms with Gasteiger partial charge < -0.3 is 14.4 Å². The number of piperidine rings is 1. The number of hydrogen-bond acceptors (Lipinski definition) is 9. The molecule has 1 aliphatic rings. The van der Waals surface area contributed by atoms with E-state index in [2.05, 4.69) is 15.2 Å². The van der Waals surface area contributed by atoms with E-state index in [0.717, 1.165) is 40.0 Å². The van der Waals surface area contributed by atoms with Crippen LogP contribution in [0.3, 0.4) is 0 Å². The van der Waals surface area contributed by atoms with Gasteiger partial charge in [0.15, 0.2) is 11.0 Å². The maximum atomic E-state index is 13.1. The molecule has 2 aromatic carbocycles. The van der Waals surface area contributed by atoms with Gasteiger partial charge >= 0.3 is 5.97 Å². The molecule has 1 aliphatic heterocycles. The van der Waals surface area contributed by atoms with Crippen molar-refractivity contribution in [3.05, 3.63) is 70.7 Å². The summed E-state index contributed by atoms with van der Waals surface area (Å²) in [5.41, 5.74) is 2.24. The number of thiazole rings is 1. The standard InChI is InChI=1S/C28H29N5O4S2/c1-3-37-27(35)20-10-8-14-32(16-20)26(34)23-17-38-24(29-23)18-39-28-31-30-25(19-9-7-13-22(15-19)36-2)33(28)21-11-5-4-6-12-21/h4-7,9,11-13,15,17,20H,3,8,10,14,16,18H2,1-2H3. The molecule has 1 atom stereocenters. The second-order valence-electron chi connectivity index (χ2n) is 8.97. The zero-order chi connectivity index (χ0) is 27.2. The van der Waals surface area contributed by atoms with Gasteiger partial charge in [0.1, 0.15) is 16.5 Å². The summed E-state index contributed by atoms with van der Waals surface area (Å²) >= 11 is 2.95. The predicted octanol–water partition coefficient (Wildman–Crippen LogP) is 5.11. The van der Waals surface area contributed by atoms with Crippen molar-refractivity contribution in [1.82, 2.24) is 24.6 Å². The monoisotopic (exact) mass is 563 g/mol. The van der Waals surface area contributed by atoms with Crippen LogP contribution in [0.15, 0.2) is 65.1 Å². The largest absolute Gasteiger partial charge is 0.497 e. The number of likely N-dealkylation sites (tertiary alicyclic amines) is 1. The number of rotatable bonds is 9. The van der Waals surface area contributed by atoms with E-state index in [4.69, 9.17) is 9.47 Å². The number of nitrogens with zero attached hydrogens (tertiary/aromatic N) is 5. The molecule has 0 spiro atoms. The van der Waals surface area contributed by atoms with Crippen LogP contribution in [-0.2, 0) is 15.3 Å². The Morgan fingerprint density at radius 2 is 1.97 bits per heavy atom. The third-order valence-corrected chi connectivity index (χ3v) is 8.37. The van der Waals surface area contributed by atoms with Crippen molar-refractivity contribution in [3.8, 4) is 22.8 Å². The van der Waals surface area contributed by atoms with Crippen LogP contribution in [0, 0.1) is 5.92 Å². The van der Waals surface area contributed by atoms with E-state index in [1.165, 1.54) is 23.1 Å². The number of para-hydroxylation sites is 1. The summed E-state index contributed by atoms with van der Waals surface area (Å²) in [6.07, 6.45) is 1.51. The van der Waals surface area contributed by atoms with Crippen LogP contribution in [0.5, 0.6) is 5.75 Å². The summed E-state index contributed by atoms with van der Waals surface area (Å²) in [4.78, 5) is 31.6. The number of carbonyl (C=O) groups excluding carboxylic acids is 2. The lowest BCUT2D eigenvalue weighted by molar-refractivity contribution is -0.149. The van der Waals surface area contributed by atoms with Gasteiger partial charge in [0.05, 0.1) is 25.4 Å². The molecular weight excluding hydrogens is 534 g/mol. The Morgan fingerprint density at radius 3 is 2.77 bits per heavy atom. The lowest BCUT2D eigenvalue weighted by atomic mass is 9.98. The number of methoxy groups -OCH3 is 1. The smallest absolute Gasteiger partial charge is 0.310 e. The fourth-order valence-corrected chi connectivity index (χ4v) is 6.24. The minimum Gasteiger partial charge on any atom is -0.497 e. The Balaban J connectivity index is 1.32. The first-order valence-electron chi connectivity index (χ1n) is 12.8. The molecule has 39 heavy (non-hydrogen) atoms. The van der Waals surface area contributed by atoms with Gasteiger partial charge in [0, 0.05) is 29.7 Å². The summed E-state index contributed by atoms with van der Waals surface area (Å²) in [5.74, 6) is 1.32. The van der Waals surface area contributed by atoms with Gasteiger partial charge in [-0.05, 0) is 44.0 Å². The molecule has 1 unspecified atom stereocenters. The molecule has 0 N–H and O–H groups in total. The third kappa shape index (κ3) is 6.15. The number of amides is 1. The Hall–Kier alpha value is -3.70. The first-order chi connectivity index (χ1) is 19.1. The fourth-order valence-electron chi connectivity index (χ4n) is 4.50. The van der Waals surface area contributed by atoms with E-state index in [0.29, 0.717) is 37.0 Å². The number of thioether (sulfide) groups is 1. The molecule has 202 valence electrons. The summed E-state index contributed by atoms with van der Waals surface area (Å²) in [7, 11) is 1.64. The van der Waals surface area contributed by atoms with Gasteiger partial charge in [-0.15, -0.1) is 21.5 Å². The van der Waals surface area contributed by atoms with Crippen LogP contribution in [0.4, 0.5) is 0 Å². The summed E-state index contributed by atoms with van der Waals surface area (Å²) in [6.45, 7) is 3.12. The maximum absolute atomic E-state index is 13.1. The van der Waals surface area contributed by atoms with Crippen LogP contribution in [0.1, 0.15) is 35.3 Å².